The van der Waals surface area contributed by atoms with Crippen molar-refractivity contribution in [2.75, 3.05) is 6.54 Å². The number of hydrogen-bond donors (Lipinski definition) is 1. The highest BCUT2D eigenvalue weighted by molar-refractivity contribution is 5.85. The first-order chi connectivity index (χ1) is 6.42. The van der Waals surface area contributed by atoms with Crippen LogP contribution in [0.1, 0.15) is 51.4 Å². The largest absolute Gasteiger partial charge is 0.330 e. The van der Waals surface area contributed by atoms with E-state index >= 15 is 0 Å². The Morgan fingerprint density at radius 2 is 1.21 bits per heavy atom. The number of nitrogens with two attached hydrogens (primary N) is 1. The Morgan fingerprint density at radius 3 is 1.50 bits per heavy atom. The minimum absolute atomic E-state index is 0. The van der Waals surface area contributed by atoms with Crippen molar-refractivity contribution < 1.29 is 0 Å². The van der Waals surface area contributed by atoms with E-state index in [1.54, 1.807) is 0 Å². The summed E-state index contributed by atoms with van der Waals surface area (Å²) in [4.78, 5) is 0. The third-order valence-electron chi connectivity index (χ3n) is 4.28. The number of hydrogen-bond acceptors (Lipinski definition) is 1. The molecule has 0 spiro atoms. The average molecular weight is 218 g/mol. The molecule has 0 heterocycles. The molecule has 0 radical (unpaired) electrons. The fraction of sp³-hybridized carbons (Fsp3) is 1.00. The summed E-state index contributed by atoms with van der Waals surface area (Å²) in [5, 5.41) is 0. The maximum Gasteiger partial charge on any atom is -0.00436 e. The normalized spacial score (nSPS) is 24.4. The van der Waals surface area contributed by atoms with Crippen LogP contribution in [0.2, 0.25) is 0 Å². The van der Waals surface area contributed by atoms with E-state index in [0.29, 0.717) is 0 Å². The van der Waals surface area contributed by atoms with E-state index < -0.39 is 0 Å². The molecular weight excluding hydrogens is 194 g/mol. The van der Waals surface area contributed by atoms with Gasteiger partial charge in [-0.2, -0.15) is 0 Å². The molecule has 2 aliphatic carbocycles. The van der Waals surface area contributed by atoms with E-state index in [2.05, 4.69) is 0 Å². The van der Waals surface area contributed by atoms with Crippen molar-refractivity contribution >= 4 is 12.4 Å². The summed E-state index contributed by atoms with van der Waals surface area (Å²) in [5.41, 5.74) is 5.93. The molecule has 0 unspecified atom stereocenters. The monoisotopic (exact) mass is 217 g/mol. The molecule has 2 N–H and O–H groups in total. The minimum atomic E-state index is 0. The zero-order valence-corrected chi connectivity index (χ0v) is 9.90. The lowest BCUT2D eigenvalue weighted by atomic mass is 9.80. The third kappa shape index (κ3) is 2.64. The van der Waals surface area contributed by atoms with E-state index in [4.69, 9.17) is 5.73 Å². The van der Waals surface area contributed by atoms with Gasteiger partial charge in [0.15, 0.2) is 0 Å². The molecule has 0 saturated heterocycles. The van der Waals surface area contributed by atoms with Crippen molar-refractivity contribution in [1.82, 2.24) is 0 Å². The van der Waals surface area contributed by atoms with E-state index in [-0.39, 0.29) is 12.4 Å². The summed E-state index contributed by atoms with van der Waals surface area (Å²) < 4.78 is 0. The molecular formula is C12H24ClN. The zero-order chi connectivity index (χ0) is 9.10. The quantitative estimate of drug-likeness (QED) is 0.771. The predicted molar refractivity (Wildman–Crippen MR) is 63.7 cm³/mol. The van der Waals surface area contributed by atoms with Gasteiger partial charge in [0.25, 0.3) is 0 Å². The smallest absolute Gasteiger partial charge is 0.00436 e. The summed E-state index contributed by atoms with van der Waals surface area (Å²) in [6.45, 7) is 0.954. The Morgan fingerprint density at radius 1 is 0.857 bits per heavy atom. The molecule has 84 valence electrons. The summed E-state index contributed by atoms with van der Waals surface area (Å²) >= 11 is 0. The lowest BCUT2D eigenvalue weighted by Gasteiger charge is -2.27. The van der Waals surface area contributed by atoms with E-state index in [0.717, 1.165) is 24.3 Å². The van der Waals surface area contributed by atoms with Crippen molar-refractivity contribution in [1.29, 1.82) is 0 Å². The van der Waals surface area contributed by atoms with Gasteiger partial charge in [0.1, 0.15) is 0 Å². The fourth-order valence-corrected chi connectivity index (χ4v) is 3.54. The highest BCUT2D eigenvalue weighted by Crippen LogP contribution is 2.40. The van der Waals surface area contributed by atoms with Gasteiger partial charge in [-0.1, -0.05) is 51.4 Å². The summed E-state index contributed by atoms with van der Waals surface area (Å²) in [5.74, 6) is 2.87. The second kappa shape index (κ2) is 5.97. The van der Waals surface area contributed by atoms with E-state index in [1.807, 2.05) is 0 Å². The van der Waals surface area contributed by atoms with Crippen LogP contribution >= 0.6 is 12.4 Å². The topological polar surface area (TPSA) is 26.0 Å². The molecule has 0 aromatic heterocycles. The van der Waals surface area contributed by atoms with Crippen LogP contribution in [-0.4, -0.2) is 6.54 Å². The minimum Gasteiger partial charge on any atom is -0.330 e. The van der Waals surface area contributed by atoms with Gasteiger partial charge in [-0.15, -0.1) is 12.4 Å². The van der Waals surface area contributed by atoms with E-state index in [1.165, 1.54) is 51.4 Å². The van der Waals surface area contributed by atoms with Crippen LogP contribution in [0.3, 0.4) is 0 Å². The second-order valence-electron chi connectivity index (χ2n) is 4.99. The van der Waals surface area contributed by atoms with Crippen LogP contribution in [0.15, 0.2) is 0 Å². The molecule has 0 aliphatic heterocycles. The molecule has 2 aliphatic rings. The van der Waals surface area contributed by atoms with Crippen LogP contribution in [-0.2, 0) is 0 Å². The van der Waals surface area contributed by atoms with Crippen molar-refractivity contribution in [3.63, 3.8) is 0 Å². The molecule has 2 saturated carbocycles. The van der Waals surface area contributed by atoms with Crippen LogP contribution in [0.5, 0.6) is 0 Å². The van der Waals surface area contributed by atoms with Crippen LogP contribution in [0, 0.1) is 17.8 Å². The molecule has 0 atom stereocenters. The third-order valence-corrected chi connectivity index (χ3v) is 4.28. The van der Waals surface area contributed by atoms with Crippen molar-refractivity contribution in [3.05, 3.63) is 0 Å². The standard InChI is InChI=1S/C12H23N.ClH/c13-9-12(10-5-1-2-6-10)11-7-3-4-8-11;/h10-12H,1-9,13H2;1H. The fourth-order valence-electron chi connectivity index (χ4n) is 3.54. The van der Waals surface area contributed by atoms with Crippen molar-refractivity contribution in [3.8, 4) is 0 Å². The van der Waals surface area contributed by atoms with E-state index in [9.17, 15) is 0 Å². The Bertz CT molecular complexity index is 132. The Kier molecular flexibility index (Phi) is 5.25. The first kappa shape index (κ1) is 12.3. The first-order valence-electron chi connectivity index (χ1n) is 6.12. The maximum atomic E-state index is 5.93. The molecule has 2 fully saturated rings. The first-order valence-corrected chi connectivity index (χ1v) is 6.12. The molecule has 0 amide bonds. The van der Waals surface area contributed by atoms with Gasteiger partial charge in [-0.3, -0.25) is 0 Å². The van der Waals surface area contributed by atoms with Crippen LogP contribution in [0.4, 0.5) is 0 Å². The highest BCUT2D eigenvalue weighted by Gasteiger charge is 2.31. The van der Waals surface area contributed by atoms with Crippen molar-refractivity contribution in [2.45, 2.75) is 51.4 Å². The highest BCUT2D eigenvalue weighted by atomic mass is 35.5. The Labute approximate surface area is 94.2 Å². The molecule has 2 rings (SSSR count). The SMILES string of the molecule is Cl.NCC(C1CCCC1)C1CCCC1. The predicted octanol–water partition coefficient (Wildman–Crippen LogP) is 3.36. The summed E-state index contributed by atoms with van der Waals surface area (Å²) in [6, 6.07) is 0. The Hall–Kier alpha value is 0.250. The second-order valence-corrected chi connectivity index (χ2v) is 4.99. The lowest BCUT2D eigenvalue weighted by molar-refractivity contribution is 0.238. The van der Waals surface area contributed by atoms with Crippen molar-refractivity contribution in [2.24, 2.45) is 23.5 Å². The van der Waals surface area contributed by atoms with Gasteiger partial charge < -0.3 is 5.73 Å². The molecule has 14 heavy (non-hydrogen) atoms. The number of rotatable bonds is 3. The molecule has 0 aromatic carbocycles. The summed E-state index contributed by atoms with van der Waals surface area (Å²) in [6.07, 6.45) is 11.7. The van der Waals surface area contributed by atoms with Gasteiger partial charge in [-0.05, 0) is 24.3 Å². The van der Waals surface area contributed by atoms with Gasteiger partial charge in [0, 0.05) is 0 Å². The molecule has 2 heteroatoms. The number of halogens is 1. The molecule has 0 bridgehead atoms. The summed E-state index contributed by atoms with van der Waals surface area (Å²) in [7, 11) is 0. The van der Waals surface area contributed by atoms with Gasteiger partial charge >= 0.3 is 0 Å². The van der Waals surface area contributed by atoms with Gasteiger partial charge in [0.05, 0.1) is 0 Å². The average Bonchev–Trinajstić information content (AvgIpc) is 2.76. The maximum absolute atomic E-state index is 5.93. The van der Waals surface area contributed by atoms with Gasteiger partial charge in [-0.25, -0.2) is 0 Å². The van der Waals surface area contributed by atoms with Crippen LogP contribution < -0.4 is 5.73 Å². The molecule has 0 aromatic rings. The van der Waals surface area contributed by atoms with Crippen LogP contribution in [0.25, 0.3) is 0 Å². The zero-order valence-electron chi connectivity index (χ0n) is 9.08. The molecule has 1 nitrogen and oxygen atoms in total. The Balaban J connectivity index is 0.000000980. The van der Waals surface area contributed by atoms with Gasteiger partial charge in [0.2, 0.25) is 0 Å². The lowest BCUT2D eigenvalue weighted by Crippen LogP contribution is -2.28.